The van der Waals surface area contributed by atoms with E-state index in [1.165, 1.54) is 16.9 Å². The van der Waals surface area contributed by atoms with E-state index in [-0.39, 0.29) is 17.4 Å². The Labute approximate surface area is 150 Å². The van der Waals surface area contributed by atoms with E-state index in [9.17, 15) is 8.42 Å². The zero-order valence-electron chi connectivity index (χ0n) is 13.5. The lowest BCUT2D eigenvalue weighted by Crippen LogP contribution is -2.27. The predicted octanol–water partition coefficient (Wildman–Crippen LogP) is 2.87. The van der Waals surface area contributed by atoms with Crippen molar-refractivity contribution in [1.29, 1.82) is 0 Å². The number of thiophene rings is 1. The molecule has 2 aromatic heterocycles. The lowest BCUT2D eigenvalue weighted by Gasteiger charge is -2.07. The number of aryl methyl sites for hydroxylation is 1. The van der Waals surface area contributed by atoms with E-state index in [2.05, 4.69) is 14.9 Å². The highest BCUT2D eigenvalue weighted by molar-refractivity contribution is 7.91. The van der Waals surface area contributed by atoms with Crippen LogP contribution in [0, 0.1) is 6.92 Å². The van der Waals surface area contributed by atoms with Crippen LogP contribution in [0.15, 0.2) is 58.1 Å². The molecule has 0 aliphatic rings. The van der Waals surface area contributed by atoms with Gasteiger partial charge < -0.3 is 4.74 Å². The lowest BCUT2D eigenvalue weighted by molar-refractivity contribution is 0.307. The van der Waals surface area contributed by atoms with E-state index < -0.39 is 10.0 Å². The number of nitrogens with one attached hydrogen (secondary N) is 1. The second kappa shape index (κ2) is 7.73. The summed E-state index contributed by atoms with van der Waals surface area (Å²) in [4.78, 5) is 0. The monoisotopic (exact) mass is 375 g/mol. The molecule has 0 saturated heterocycles. The van der Waals surface area contributed by atoms with Crippen LogP contribution in [0.3, 0.4) is 0 Å². The van der Waals surface area contributed by atoms with Gasteiger partial charge in [0.05, 0.1) is 5.69 Å². The summed E-state index contributed by atoms with van der Waals surface area (Å²) in [6.45, 7) is 2.35. The average molecular weight is 375 g/mol. The molecule has 130 valence electrons. The number of aromatic nitrogens is 2. The van der Waals surface area contributed by atoms with Gasteiger partial charge in [0.2, 0.25) is 15.9 Å². The first-order chi connectivity index (χ1) is 12.0. The molecule has 8 heteroatoms. The first-order valence-corrected chi connectivity index (χ1v) is 9.98. The van der Waals surface area contributed by atoms with Crippen molar-refractivity contribution < 1.29 is 13.2 Å². The molecule has 0 saturated carbocycles. The van der Waals surface area contributed by atoms with Crippen LogP contribution in [0.2, 0.25) is 0 Å². The van der Waals surface area contributed by atoms with Crippen LogP contribution in [0.1, 0.15) is 5.56 Å². The Morgan fingerprint density at radius 3 is 2.52 bits per heavy atom. The van der Waals surface area contributed by atoms with Crippen LogP contribution in [0.4, 0.5) is 0 Å². The van der Waals surface area contributed by atoms with Crippen molar-refractivity contribution >= 4 is 21.4 Å². The molecular weight excluding hydrogens is 358 g/mol. The van der Waals surface area contributed by atoms with Crippen LogP contribution in [-0.4, -0.2) is 31.8 Å². The third-order valence-corrected chi connectivity index (χ3v) is 6.25. The predicted molar refractivity (Wildman–Crippen MR) is 97.2 cm³/mol. The summed E-state index contributed by atoms with van der Waals surface area (Å²) >= 11 is 1.17. The molecule has 0 radical (unpaired) electrons. The molecule has 1 aromatic carbocycles. The third kappa shape index (κ3) is 4.62. The van der Waals surface area contributed by atoms with Crippen molar-refractivity contribution in [2.45, 2.75) is 11.1 Å². The summed E-state index contributed by atoms with van der Waals surface area (Å²) in [6, 6.07) is 14.8. The maximum atomic E-state index is 11.9. The Morgan fingerprint density at radius 1 is 1.08 bits per heavy atom. The fourth-order valence-corrected chi connectivity index (χ4v) is 4.15. The molecule has 0 aliphatic heterocycles. The van der Waals surface area contributed by atoms with Crippen molar-refractivity contribution in [3.05, 3.63) is 59.5 Å². The van der Waals surface area contributed by atoms with Gasteiger partial charge in [-0.3, -0.25) is 0 Å². The minimum absolute atomic E-state index is 0.154. The van der Waals surface area contributed by atoms with E-state index in [4.69, 9.17) is 4.74 Å². The van der Waals surface area contributed by atoms with Crippen LogP contribution in [-0.2, 0) is 10.0 Å². The van der Waals surface area contributed by atoms with Crippen LogP contribution in [0.25, 0.3) is 11.3 Å². The highest BCUT2D eigenvalue weighted by atomic mass is 32.2. The summed E-state index contributed by atoms with van der Waals surface area (Å²) < 4.78 is 32.1. The van der Waals surface area contributed by atoms with Crippen molar-refractivity contribution in [3.8, 4) is 17.1 Å². The van der Waals surface area contributed by atoms with E-state index in [0.29, 0.717) is 5.88 Å². The lowest BCUT2D eigenvalue weighted by atomic mass is 10.1. The summed E-state index contributed by atoms with van der Waals surface area (Å²) in [5, 5.41) is 9.87. The van der Waals surface area contributed by atoms with Crippen LogP contribution >= 0.6 is 11.3 Å². The molecule has 2 heterocycles. The van der Waals surface area contributed by atoms with Crippen molar-refractivity contribution in [3.63, 3.8) is 0 Å². The molecular formula is C17H17N3O3S2. The Hall–Kier alpha value is -2.29. The molecule has 3 rings (SSSR count). The number of hydrogen-bond donors (Lipinski definition) is 1. The molecule has 3 aromatic rings. The third-order valence-electron chi connectivity index (χ3n) is 3.39. The minimum Gasteiger partial charge on any atom is -0.475 e. The fraction of sp³-hybridized carbons (Fsp3) is 0.176. The SMILES string of the molecule is Cc1ccc(-c2ccc(OCCNS(=O)(=O)c3cccs3)nn2)cc1. The zero-order chi connectivity index (χ0) is 17.7. The van der Waals surface area contributed by atoms with Crippen molar-refractivity contribution in [2.75, 3.05) is 13.2 Å². The first-order valence-electron chi connectivity index (χ1n) is 7.61. The second-order valence-electron chi connectivity index (χ2n) is 5.30. The van der Waals surface area contributed by atoms with Gasteiger partial charge in [0.25, 0.3) is 0 Å². The number of sulfonamides is 1. The van der Waals surface area contributed by atoms with Gasteiger partial charge in [0.1, 0.15) is 10.8 Å². The van der Waals surface area contributed by atoms with Crippen molar-refractivity contribution in [1.82, 2.24) is 14.9 Å². The molecule has 0 aliphatic carbocycles. The average Bonchev–Trinajstić information content (AvgIpc) is 3.16. The van der Waals surface area contributed by atoms with Gasteiger partial charge in [-0.1, -0.05) is 35.9 Å². The maximum absolute atomic E-state index is 11.9. The molecule has 0 amide bonds. The fourth-order valence-electron chi connectivity index (χ4n) is 2.09. The van der Waals surface area contributed by atoms with Gasteiger partial charge in [0.15, 0.2) is 0 Å². The molecule has 25 heavy (non-hydrogen) atoms. The number of ether oxygens (including phenoxy) is 1. The largest absolute Gasteiger partial charge is 0.475 e. The van der Waals surface area contributed by atoms with E-state index in [1.54, 1.807) is 23.6 Å². The smallest absolute Gasteiger partial charge is 0.250 e. The quantitative estimate of drug-likeness (QED) is 0.642. The normalized spacial score (nSPS) is 11.4. The molecule has 1 N–H and O–H groups in total. The molecule has 6 nitrogen and oxygen atoms in total. The zero-order valence-corrected chi connectivity index (χ0v) is 15.2. The summed E-state index contributed by atoms with van der Waals surface area (Å²) in [5.74, 6) is 0.353. The van der Waals surface area contributed by atoms with Gasteiger partial charge in [0, 0.05) is 18.2 Å². The molecule has 0 unspecified atom stereocenters. The standard InChI is InChI=1S/C17H17N3O3S2/c1-13-4-6-14(7-5-13)15-8-9-16(20-19-15)23-11-10-18-25(21,22)17-3-2-12-24-17/h2-9,12,18H,10-11H2,1H3. The Balaban J connectivity index is 1.51. The number of rotatable bonds is 7. The second-order valence-corrected chi connectivity index (χ2v) is 8.24. The van der Waals surface area contributed by atoms with Gasteiger partial charge in [-0.2, -0.15) is 0 Å². The number of benzene rings is 1. The highest BCUT2D eigenvalue weighted by Gasteiger charge is 2.14. The summed E-state index contributed by atoms with van der Waals surface area (Å²) in [6.07, 6.45) is 0. The van der Waals surface area contributed by atoms with Gasteiger partial charge in [-0.05, 0) is 24.4 Å². The Morgan fingerprint density at radius 2 is 1.88 bits per heavy atom. The molecule has 0 bridgehead atoms. The topological polar surface area (TPSA) is 81.2 Å². The maximum Gasteiger partial charge on any atom is 0.250 e. The first kappa shape index (κ1) is 17.5. The highest BCUT2D eigenvalue weighted by Crippen LogP contribution is 2.18. The van der Waals surface area contributed by atoms with Crippen molar-refractivity contribution in [2.24, 2.45) is 0 Å². The summed E-state index contributed by atoms with van der Waals surface area (Å²) in [5.41, 5.74) is 2.92. The number of hydrogen-bond acceptors (Lipinski definition) is 6. The van der Waals surface area contributed by atoms with Gasteiger partial charge in [-0.25, -0.2) is 13.1 Å². The van der Waals surface area contributed by atoms with Gasteiger partial charge >= 0.3 is 0 Å². The van der Waals surface area contributed by atoms with E-state index in [1.807, 2.05) is 37.3 Å². The Kier molecular flexibility index (Phi) is 5.42. The molecule has 0 spiro atoms. The molecule has 0 atom stereocenters. The van der Waals surface area contributed by atoms with Crippen LogP contribution < -0.4 is 9.46 Å². The summed E-state index contributed by atoms with van der Waals surface area (Å²) in [7, 11) is -3.47. The van der Waals surface area contributed by atoms with Crippen LogP contribution in [0.5, 0.6) is 5.88 Å². The minimum atomic E-state index is -3.47. The van der Waals surface area contributed by atoms with E-state index in [0.717, 1.165) is 11.3 Å². The number of nitrogens with zero attached hydrogens (tertiary/aromatic N) is 2. The van der Waals surface area contributed by atoms with E-state index >= 15 is 0 Å². The Bertz CT molecular complexity index is 907. The molecule has 0 fully saturated rings. The van der Waals surface area contributed by atoms with Gasteiger partial charge in [-0.15, -0.1) is 21.5 Å².